The number of phenolic OH excluding ortho intramolecular Hbond substituents is 1. The molecule has 0 atom stereocenters. The third-order valence-electron chi connectivity index (χ3n) is 5.91. The van der Waals surface area contributed by atoms with Gasteiger partial charge in [0.2, 0.25) is 0 Å². The fourth-order valence-corrected chi connectivity index (χ4v) is 4.31. The van der Waals surface area contributed by atoms with E-state index in [1.807, 2.05) is 6.07 Å². The van der Waals surface area contributed by atoms with Gasteiger partial charge in [-0.3, -0.25) is 0 Å². The zero-order valence-corrected chi connectivity index (χ0v) is 15.4. The molecule has 0 aromatic heterocycles. The second-order valence-electron chi connectivity index (χ2n) is 7.73. The Morgan fingerprint density at radius 3 is 2.30 bits per heavy atom. The van der Waals surface area contributed by atoms with Gasteiger partial charge in [0, 0.05) is 18.7 Å². The fourth-order valence-electron chi connectivity index (χ4n) is 4.31. The molecule has 5 N–H and O–H groups in total. The molecule has 1 spiro atoms. The van der Waals surface area contributed by atoms with Crippen LogP contribution in [0.15, 0.2) is 59.7 Å². The number of phenols is 1. The van der Waals surface area contributed by atoms with E-state index >= 15 is 0 Å². The number of hydrogen-bond acceptors (Lipinski definition) is 3. The number of likely N-dealkylation sites (tertiary alicyclic amines) is 1. The van der Waals surface area contributed by atoms with Crippen LogP contribution in [0.2, 0.25) is 0 Å². The van der Waals surface area contributed by atoms with Gasteiger partial charge in [-0.1, -0.05) is 36.4 Å². The number of benzene rings is 2. The molecule has 0 amide bonds. The lowest BCUT2D eigenvalue weighted by Crippen LogP contribution is -2.46. The highest BCUT2D eigenvalue weighted by Crippen LogP contribution is 2.44. The van der Waals surface area contributed by atoms with Crippen LogP contribution in [0, 0.1) is 5.41 Å². The van der Waals surface area contributed by atoms with Gasteiger partial charge in [-0.05, 0) is 54.4 Å². The van der Waals surface area contributed by atoms with Crippen molar-refractivity contribution < 1.29 is 5.11 Å². The van der Waals surface area contributed by atoms with Gasteiger partial charge < -0.3 is 21.5 Å². The topological polar surface area (TPSA) is 87.9 Å². The van der Waals surface area contributed by atoms with E-state index in [1.165, 1.54) is 24.0 Å². The Bertz CT molecular complexity index is 868. The minimum absolute atomic E-state index is 0.180. The molecule has 5 heteroatoms. The van der Waals surface area contributed by atoms with Gasteiger partial charge >= 0.3 is 0 Å². The Balaban J connectivity index is 1.40. The largest absolute Gasteiger partial charge is 0.508 e. The van der Waals surface area contributed by atoms with Crippen molar-refractivity contribution in [1.82, 2.24) is 4.90 Å². The number of guanidine groups is 1. The molecule has 140 valence electrons. The maximum absolute atomic E-state index is 9.56. The van der Waals surface area contributed by atoms with Gasteiger partial charge in [-0.25, -0.2) is 4.99 Å². The molecule has 4 rings (SSSR count). The summed E-state index contributed by atoms with van der Waals surface area (Å²) in [4.78, 5) is 6.50. The molecule has 27 heavy (non-hydrogen) atoms. The first-order chi connectivity index (χ1) is 13.0. The van der Waals surface area contributed by atoms with Crippen LogP contribution < -0.4 is 11.5 Å². The first kappa shape index (κ1) is 17.5. The van der Waals surface area contributed by atoms with E-state index in [4.69, 9.17) is 11.5 Å². The zero-order chi connectivity index (χ0) is 18.9. The van der Waals surface area contributed by atoms with Crippen molar-refractivity contribution >= 4 is 11.7 Å². The third kappa shape index (κ3) is 3.63. The predicted octanol–water partition coefficient (Wildman–Crippen LogP) is 2.85. The Morgan fingerprint density at radius 1 is 1.00 bits per heavy atom. The van der Waals surface area contributed by atoms with Crippen LogP contribution >= 0.6 is 0 Å². The molecule has 2 aromatic rings. The molecular weight excluding hydrogens is 336 g/mol. The number of nitrogens with zero attached hydrogens (tertiary/aromatic N) is 2. The molecule has 0 radical (unpaired) electrons. The first-order valence-electron chi connectivity index (χ1n) is 9.45. The van der Waals surface area contributed by atoms with Crippen molar-refractivity contribution in [2.24, 2.45) is 21.9 Å². The number of hydrogen-bond donors (Lipinski definition) is 3. The van der Waals surface area contributed by atoms with Crippen LogP contribution in [0.4, 0.5) is 0 Å². The van der Waals surface area contributed by atoms with Crippen LogP contribution in [-0.2, 0) is 12.8 Å². The van der Waals surface area contributed by atoms with E-state index in [0.29, 0.717) is 17.1 Å². The molecular formula is C22H26N4O. The lowest BCUT2D eigenvalue weighted by molar-refractivity contribution is 0.157. The van der Waals surface area contributed by atoms with Crippen LogP contribution in [0.25, 0.3) is 5.70 Å². The molecule has 2 aromatic carbocycles. The molecule has 2 aliphatic rings. The number of rotatable bonds is 2. The molecule has 1 fully saturated rings. The Kier molecular flexibility index (Phi) is 4.52. The van der Waals surface area contributed by atoms with E-state index in [0.717, 1.165) is 31.5 Å². The summed E-state index contributed by atoms with van der Waals surface area (Å²) in [6.45, 7) is 1.84. The van der Waals surface area contributed by atoms with Gasteiger partial charge in [0.1, 0.15) is 5.75 Å². The summed E-state index contributed by atoms with van der Waals surface area (Å²) < 4.78 is 0. The second-order valence-corrected chi connectivity index (χ2v) is 7.73. The van der Waals surface area contributed by atoms with Crippen molar-refractivity contribution in [3.05, 3.63) is 71.4 Å². The van der Waals surface area contributed by atoms with E-state index in [-0.39, 0.29) is 5.75 Å². The van der Waals surface area contributed by atoms with Gasteiger partial charge in [-0.2, -0.15) is 0 Å². The summed E-state index contributed by atoms with van der Waals surface area (Å²) in [6.07, 6.45) is 6.18. The number of piperidine rings is 1. The Labute approximate surface area is 160 Å². The van der Waals surface area contributed by atoms with Crippen molar-refractivity contribution in [3.8, 4) is 5.75 Å². The summed E-state index contributed by atoms with van der Waals surface area (Å²) in [5.74, 6) is 0.683. The smallest absolute Gasteiger partial charge is 0.195 e. The third-order valence-corrected chi connectivity index (χ3v) is 5.91. The standard InChI is InChI=1S/C22H26N4O/c23-20(16-6-3-7-19(27)12-16)15-25-21(24)26-10-8-22(9-11-26)13-17-4-1-2-5-18(17)14-22/h1-7,12,15,27H,8-11,13-14,23H2,(H2,24,25)/b20-15-. The second kappa shape index (κ2) is 6.99. The van der Waals surface area contributed by atoms with Crippen molar-refractivity contribution in [1.29, 1.82) is 0 Å². The number of nitrogens with two attached hydrogens (primary N) is 2. The Morgan fingerprint density at radius 2 is 1.67 bits per heavy atom. The Hall–Kier alpha value is -2.95. The normalized spacial score (nSPS) is 19.3. The highest BCUT2D eigenvalue weighted by molar-refractivity contribution is 5.80. The van der Waals surface area contributed by atoms with Gasteiger partial charge in [0.05, 0.1) is 11.9 Å². The van der Waals surface area contributed by atoms with E-state index in [1.54, 1.807) is 24.4 Å². The van der Waals surface area contributed by atoms with Crippen LogP contribution in [0.5, 0.6) is 5.75 Å². The minimum atomic E-state index is 0.180. The zero-order valence-electron chi connectivity index (χ0n) is 15.4. The fraction of sp³-hybridized carbons (Fsp3) is 0.318. The van der Waals surface area contributed by atoms with Crippen LogP contribution in [0.1, 0.15) is 29.5 Å². The molecule has 0 unspecified atom stereocenters. The maximum Gasteiger partial charge on any atom is 0.195 e. The van der Waals surface area contributed by atoms with E-state index < -0.39 is 0 Å². The van der Waals surface area contributed by atoms with E-state index in [9.17, 15) is 5.11 Å². The number of aliphatic imine (C=N–C) groups is 1. The average molecular weight is 362 g/mol. The summed E-state index contributed by atoms with van der Waals surface area (Å²) >= 11 is 0. The summed E-state index contributed by atoms with van der Waals surface area (Å²) in [5.41, 5.74) is 16.9. The van der Waals surface area contributed by atoms with Gasteiger partial charge in [0.15, 0.2) is 5.96 Å². The van der Waals surface area contributed by atoms with Crippen molar-refractivity contribution in [3.63, 3.8) is 0 Å². The van der Waals surface area contributed by atoms with Gasteiger partial charge in [-0.15, -0.1) is 0 Å². The molecule has 0 bridgehead atoms. The molecule has 0 saturated carbocycles. The molecule has 1 saturated heterocycles. The van der Waals surface area contributed by atoms with Crippen LogP contribution in [-0.4, -0.2) is 29.1 Å². The maximum atomic E-state index is 9.56. The molecule has 5 nitrogen and oxygen atoms in total. The van der Waals surface area contributed by atoms with E-state index in [2.05, 4.69) is 34.2 Å². The highest BCUT2D eigenvalue weighted by Gasteiger charge is 2.39. The molecule has 1 aliphatic heterocycles. The van der Waals surface area contributed by atoms with Crippen LogP contribution in [0.3, 0.4) is 0 Å². The average Bonchev–Trinajstić information content (AvgIpc) is 3.04. The predicted molar refractivity (Wildman–Crippen MR) is 109 cm³/mol. The SMILES string of the molecule is NC(=N/C=C(\N)c1cccc(O)c1)N1CCC2(CC1)Cc1ccccc1C2. The number of fused-ring (bicyclic) bond motifs is 1. The van der Waals surface area contributed by atoms with Crippen molar-refractivity contribution in [2.45, 2.75) is 25.7 Å². The first-order valence-corrected chi connectivity index (χ1v) is 9.45. The lowest BCUT2D eigenvalue weighted by Gasteiger charge is -2.39. The summed E-state index contributed by atoms with van der Waals surface area (Å²) in [7, 11) is 0. The van der Waals surface area contributed by atoms with Gasteiger partial charge in [0.25, 0.3) is 0 Å². The quantitative estimate of drug-likeness (QED) is 0.566. The lowest BCUT2D eigenvalue weighted by atomic mass is 9.76. The molecule has 1 aliphatic carbocycles. The monoisotopic (exact) mass is 362 g/mol. The highest BCUT2D eigenvalue weighted by atomic mass is 16.3. The minimum Gasteiger partial charge on any atom is -0.508 e. The molecule has 1 heterocycles. The number of aromatic hydroxyl groups is 1. The van der Waals surface area contributed by atoms with Crippen molar-refractivity contribution in [2.75, 3.05) is 13.1 Å². The summed E-state index contributed by atoms with van der Waals surface area (Å²) in [6, 6.07) is 15.6. The summed E-state index contributed by atoms with van der Waals surface area (Å²) in [5, 5.41) is 9.56.